The van der Waals surface area contributed by atoms with Crippen LogP contribution < -0.4 is 10.9 Å². The molecule has 0 spiro atoms. The number of rotatable bonds is 5. The lowest BCUT2D eigenvalue weighted by molar-refractivity contribution is -0.121. The molecule has 0 fully saturated rings. The van der Waals surface area contributed by atoms with Crippen molar-refractivity contribution >= 4 is 40.3 Å². The first-order chi connectivity index (χ1) is 10.5. The van der Waals surface area contributed by atoms with Gasteiger partial charge in [-0.15, -0.1) is 22.7 Å². The van der Waals surface area contributed by atoms with Crippen molar-refractivity contribution in [1.29, 1.82) is 0 Å². The molecule has 2 aromatic rings. The van der Waals surface area contributed by atoms with Gasteiger partial charge in [0.2, 0.25) is 5.91 Å². The number of carbonyl (C=O) groups is 3. The maximum absolute atomic E-state index is 12.0. The maximum atomic E-state index is 12.0. The minimum absolute atomic E-state index is 0.0396. The summed E-state index contributed by atoms with van der Waals surface area (Å²) in [4.78, 5) is 37.9. The molecule has 2 rings (SSSR count). The number of thiophene rings is 2. The number of aryl methyl sites for hydroxylation is 2. The molecule has 0 saturated heterocycles. The van der Waals surface area contributed by atoms with Gasteiger partial charge in [-0.3, -0.25) is 25.2 Å². The van der Waals surface area contributed by atoms with Gasteiger partial charge in [0.1, 0.15) is 0 Å². The number of amides is 2. The molecule has 2 heterocycles. The van der Waals surface area contributed by atoms with Crippen molar-refractivity contribution in [2.75, 3.05) is 0 Å². The topological polar surface area (TPSA) is 75.3 Å². The molecule has 0 aromatic carbocycles. The van der Waals surface area contributed by atoms with Crippen LogP contribution in [0.3, 0.4) is 0 Å². The summed E-state index contributed by atoms with van der Waals surface area (Å²) in [5.74, 6) is -0.802. The molecule has 7 heteroatoms. The fourth-order valence-electron chi connectivity index (χ4n) is 1.93. The van der Waals surface area contributed by atoms with E-state index >= 15 is 0 Å². The predicted molar refractivity (Wildman–Crippen MR) is 87.3 cm³/mol. The SMILES string of the molecule is Cc1cc(C(=O)CCC(=O)NNC(=O)c2cccs2)c(C)s1. The molecule has 0 aliphatic rings. The molecule has 5 nitrogen and oxygen atoms in total. The zero-order valence-corrected chi connectivity index (χ0v) is 13.9. The molecule has 0 aliphatic heterocycles. The van der Waals surface area contributed by atoms with Crippen LogP contribution in [0, 0.1) is 13.8 Å². The normalized spacial score (nSPS) is 10.3. The Bertz CT molecular complexity index is 690. The van der Waals surface area contributed by atoms with Crippen molar-refractivity contribution in [3.05, 3.63) is 43.8 Å². The summed E-state index contributed by atoms with van der Waals surface area (Å²) in [7, 11) is 0. The Morgan fingerprint density at radius 1 is 1.14 bits per heavy atom. The zero-order chi connectivity index (χ0) is 16.1. The molecule has 0 unspecified atom stereocenters. The quantitative estimate of drug-likeness (QED) is 0.651. The van der Waals surface area contributed by atoms with Crippen molar-refractivity contribution in [3.8, 4) is 0 Å². The van der Waals surface area contributed by atoms with Gasteiger partial charge in [0, 0.05) is 28.2 Å². The van der Waals surface area contributed by atoms with Gasteiger partial charge in [0.05, 0.1) is 4.88 Å². The van der Waals surface area contributed by atoms with E-state index in [0.29, 0.717) is 10.4 Å². The Kier molecular flexibility index (Phi) is 5.46. The third-order valence-corrected chi connectivity index (χ3v) is 4.82. The molecule has 0 saturated carbocycles. The second-order valence-corrected chi connectivity index (χ2v) is 7.14. The van der Waals surface area contributed by atoms with Crippen LogP contribution in [0.1, 0.15) is 42.6 Å². The molecular weight excluding hydrogens is 320 g/mol. The molecule has 0 aliphatic carbocycles. The van der Waals surface area contributed by atoms with Gasteiger partial charge < -0.3 is 0 Å². The van der Waals surface area contributed by atoms with E-state index in [2.05, 4.69) is 10.9 Å². The van der Waals surface area contributed by atoms with Crippen LogP contribution in [0.15, 0.2) is 23.6 Å². The number of hydrogen-bond acceptors (Lipinski definition) is 5. The second kappa shape index (κ2) is 7.33. The van der Waals surface area contributed by atoms with Crippen LogP contribution in [0.5, 0.6) is 0 Å². The van der Waals surface area contributed by atoms with E-state index in [9.17, 15) is 14.4 Å². The van der Waals surface area contributed by atoms with E-state index in [1.54, 1.807) is 28.8 Å². The molecular formula is C15H16N2O3S2. The van der Waals surface area contributed by atoms with Crippen LogP contribution in [-0.2, 0) is 4.79 Å². The van der Waals surface area contributed by atoms with Crippen LogP contribution in [-0.4, -0.2) is 17.6 Å². The van der Waals surface area contributed by atoms with Gasteiger partial charge >= 0.3 is 0 Å². The summed E-state index contributed by atoms with van der Waals surface area (Å²) >= 11 is 2.85. The van der Waals surface area contributed by atoms with Gasteiger partial charge in [0.15, 0.2) is 5.78 Å². The Morgan fingerprint density at radius 3 is 2.50 bits per heavy atom. The highest BCUT2D eigenvalue weighted by Crippen LogP contribution is 2.22. The van der Waals surface area contributed by atoms with Crippen LogP contribution >= 0.6 is 22.7 Å². The van der Waals surface area contributed by atoms with Crippen LogP contribution in [0.4, 0.5) is 0 Å². The van der Waals surface area contributed by atoms with Crippen molar-refractivity contribution in [1.82, 2.24) is 10.9 Å². The first kappa shape index (κ1) is 16.4. The highest BCUT2D eigenvalue weighted by atomic mass is 32.1. The number of nitrogens with one attached hydrogen (secondary N) is 2. The van der Waals surface area contributed by atoms with Crippen molar-refractivity contribution in [2.24, 2.45) is 0 Å². The smallest absolute Gasteiger partial charge is 0.279 e. The molecule has 2 amide bonds. The van der Waals surface area contributed by atoms with E-state index in [-0.39, 0.29) is 30.4 Å². The summed E-state index contributed by atoms with van der Waals surface area (Å²) in [6.45, 7) is 3.84. The standard InChI is InChI=1S/C15H16N2O3S2/c1-9-8-11(10(2)22-9)12(18)5-6-14(19)16-17-15(20)13-4-3-7-21-13/h3-4,7-8H,5-6H2,1-2H3,(H,16,19)(H,17,20). The molecule has 22 heavy (non-hydrogen) atoms. The Labute approximate surface area is 136 Å². The summed E-state index contributed by atoms with van der Waals surface area (Å²) in [5.41, 5.74) is 5.32. The number of ketones is 1. The summed E-state index contributed by atoms with van der Waals surface area (Å²) in [6.07, 6.45) is 0.162. The first-order valence-electron chi connectivity index (χ1n) is 6.70. The van der Waals surface area contributed by atoms with Gasteiger partial charge in [-0.2, -0.15) is 0 Å². The fraction of sp³-hybridized carbons (Fsp3) is 0.267. The lowest BCUT2D eigenvalue weighted by Crippen LogP contribution is -2.41. The third-order valence-electron chi connectivity index (χ3n) is 2.98. The van der Waals surface area contributed by atoms with Crippen LogP contribution in [0.25, 0.3) is 0 Å². The Morgan fingerprint density at radius 2 is 1.91 bits per heavy atom. The summed E-state index contributed by atoms with van der Waals surface area (Å²) < 4.78 is 0. The maximum Gasteiger partial charge on any atom is 0.279 e. The monoisotopic (exact) mass is 336 g/mol. The first-order valence-corrected chi connectivity index (χ1v) is 8.40. The lowest BCUT2D eigenvalue weighted by atomic mass is 10.1. The Balaban J connectivity index is 1.77. The number of hydrazine groups is 1. The zero-order valence-electron chi connectivity index (χ0n) is 12.3. The van der Waals surface area contributed by atoms with Crippen LogP contribution in [0.2, 0.25) is 0 Å². The lowest BCUT2D eigenvalue weighted by Gasteiger charge is -2.06. The van der Waals surface area contributed by atoms with E-state index < -0.39 is 0 Å². The number of Topliss-reactive ketones (excluding diaryl/α,β-unsaturated/α-hetero) is 1. The molecule has 0 atom stereocenters. The predicted octanol–water partition coefficient (Wildman–Crippen LogP) is 2.85. The second-order valence-electron chi connectivity index (χ2n) is 4.73. The van der Waals surface area contributed by atoms with Gasteiger partial charge in [-0.25, -0.2) is 0 Å². The fourth-order valence-corrected chi connectivity index (χ4v) is 3.49. The molecule has 2 N–H and O–H groups in total. The van der Waals surface area contributed by atoms with Crippen molar-refractivity contribution < 1.29 is 14.4 Å². The van der Waals surface area contributed by atoms with E-state index in [1.807, 2.05) is 19.9 Å². The average molecular weight is 336 g/mol. The molecule has 0 radical (unpaired) electrons. The van der Waals surface area contributed by atoms with Gasteiger partial charge in [-0.1, -0.05) is 6.07 Å². The van der Waals surface area contributed by atoms with Crippen molar-refractivity contribution in [3.63, 3.8) is 0 Å². The summed E-state index contributed by atoms with van der Waals surface area (Å²) in [5, 5.41) is 1.78. The molecule has 2 aromatic heterocycles. The molecule has 0 bridgehead atoms. The highest BCUT2D eigenvalue weighted by molar-refractivity contribution is 7.12. The third kappa shape index (κ3) is 4.25. The number of carbonyl (C=O) groups excluding carboxylic acids is 3. The number of hydrogen-bond donors (Lipinski definition) is 2. The van der Waals surface area contributed by atoms with E-state index in [1.165, 1.54) is 11.3 Å². The summed E-state index contributed by atoms with van der Waals surface area (Å²) in [6, 6.07) is 5.27. The minimum Gasteiger partial charge on any atom is -0.294 e. The van der Waals surface area contributed by atoms with E-state index in [4.69, 9.17) is 0 Å². The minimum atomic E-state index is -0.386. The van der Waals surface area contributed by atoms with Gasteiger partial charge in [0.25, 0.3) is 5.91 Å². The van der Waals surface area contributed by atoms with Crippen molar-refractivity contribution in [2.45, 2.75) is 26.7 Å². The van der Waals surface area contributed by atoms with E-state index in [0.717, 1.165) is 9.75 Å². The van der Waals surface area contributed by atoms with Gasteiger partial charge in [-0.05, 0) is 31.4 Å². The largest absolute Gasteiger partial charge is 0.294 e. The average Bonchev–Trinajstić information content (AvgIpc) is 3.11. The highest BCUT2D eigenvalue weighted by Gasteiger charge is 2.14. The molecule has 116 valence electrons. The Hall–Kier alpha value is -1.99.